The van der Waals surface area contributed by atoms with Gasteiger partial charge in [0.2, 0.25) is 5.91 Å². The quantitative estimate of drug-likeness (QED) is 0.653. The number of carbonyl (C=O) groups is 2. The summed E-state index contributed by atoms with van der Waals surface area (Å²) in [5.74, 6) is -0.150. The van der Waals surface area contributed by atoms with Crippen molar-refractivity contribution < 1.29 is 14.7 Å². The standard InChI is InChI=1S/C14H19N3O3/c1-2-9-7-13(19)16-11-6-4-3-5-10(11)12(8-18)17-14(20)15-9/h3-6,9,12,18H,2,7-8H2,1H3,(H,16,19)(H2,15,17,20)/t9-,12?/m0/s1. The number of aliphatic hydroxyl groups excluding tert-OH is 1. The molecule has 108 valence electrons. The maximum atomic E-state index is 12.0. The smallest absolute Gasteiger partial charge is 0.315 e. The third-order valence-corrected chi connectivity index (χ3v) is 3.36. The van der Waals surface area contributed by atoms with Crippen LogP contribution in [0.15, 0.2) is 24.3 Å². The fourth-order valence-electron chi connectivity index (χ4n) is 2.24. The van der Waals surface area contributed by atoms with E-state index in [1.165, 1.54) is 0 Å². The topological polar surface area (TPSA) is 90.5 Å². The summed E-state index contributed by atoms with van der Waals surface area (Å²) >= 11 is 0. The number of nitrogens with one attached hydrogen (secondary N) is 3. The predicted octanol–water partition coefficient (Wildman–Crippen LogP) is 1.14. The number of aliphatic hydroxyl groups is 1. The highest BCUT2D eigenvalue weighted by atomic mass is 16.3. The van der Waals surface area contributed by atoms with Gasteiger partial charge < -0.3 is 21.1 Å². The second-order valence-corrected chi connectivity index (χ2v) is 4.80. The van der Waals surface area contributed by atoms with Crippen LogP contribution < -0.4 is 16.0 Å². The number of hydrogen-bond donors (Lipinski definition) is 4. The molecule has 1 aliphatic heterocycles. The minimum atomic E-state index is -0.554. The fourth-order valence-corrected chi connectivity index (χ4v) is 2.24. The summed E-state index contributed by atoms with van der Waals surface area (Å²) in [7, 11) is 0. The van der Waals surface area contributed by atoms with Crippen LogP contribution >= 0.6 is 0 Å². The molecule has 6 nitrogen and oxygen atoms in total. The summed E-state index contributed by atoms with van der Waals surface area (Å²) in [4.78, 5) is 23.9. The van der Waals surface area contributed by atoms with Crippen molar-refractivity contribution in [3.63, 3.8) is 0 Å². The Hall–Kier alpha value is -2.08. The van der Waals surface area contributed by atoms with Crippen molar-refractivity contribution in [3.8, 4) is 0 Å². The van der Waals surface area contributed by atoms with Gasteiger partial charge in [0, 0.05) is 23.7 Å². The molecule has 0 spiro atoms. The third kappa shape index (κ3) is 3.27. The molecule has 6 heteroatoms. The number of rotatable bonds is 2. The van der Waals surface area contributed by atoms with Crippen LogP contribution in [-0.2, 0) is 4.79 Å². The lowest BCUT2D eigenvalue weighted by Crippen LogP contribution is -2.46. The second kappa shape index (κ2) is 6.38. The minimum Gasteiger partial charge on any atom is -0.394 e. The number of amides is 3. The van der Waals surface area contributed by atoms with Crippen LogP contribution in [0.25, 0.3) is 0 Å². The van der Waals surface area contributed by atoms with Crippen molar-refractivity contribution in [1.29, 1.82) is 0 Å². The second-order valence-electron chi connectivity index (χ2n) is 4.80. The number of benzene rings is 1. The SMILES string of the molecule is CC[C@H]1CC(=O)Nc2ccccc2C(CO)NC(=O)N1. The lowest BCUT2D eigenvalue weighted by Gasteiger charge is -2.25. The van der Waals surface area contributed by atoms with E-state index in [2.05, 4.69) is 16.0 Å². The van der Waals surface area contributed by atoms with E-state index in [1.54, 1.807) is 24.3 Å². The summed E-state index contributed by atoms with van der Waals surface area (Å²) in [6, 6.07) is 5.99. The molecule has 4 N–H and O–H groups in total. The minimum absolute atomic E-state index is 0.150. The number of urea groups is 1. The summed E-state index contributed by atoms with van der Waals surface area (Å²) in [6.45, 7) is 1.67. The molecule has 0 fully saturated rings. The van der Waals surface area contributed by atoms with Gasteiger partial charge in [-0.05, 0) is 12.5 Å². The van der Waals surface area contributed by atoms with Crippen molar-refractivity contribution in [2.24, 2.45) is 0 Å². The van der Waals surface area contributed by atoms with Gasteiger partial charge >= 0.3 is 6.03 Å². The molecular formula is C14H19N3O3. The van der Waals surface area contributed by atoms with E-state index in [0.29, 0.717) is 17.7 Å². The normalized spacial score (nSPS) is 23.1. The monoisotopic (exact) mass is 277 g/mol. The largest absolute Gasteiger partial charge is 0.394 e. The Morgan fingerprint density at radius 1 is 1.25 bits per heavy atom. The van der Waals surface area contributed by atoms with Crippen molar-refractivity contribution >= 4 is 17.6 Å². The van der Waals surface area contributed by atoms with Crippen molar-refractivity contribution in [3.05, 3.63) is 29.8 Å². The molecule has 20 heavy (non-hydrogen) atoms. The van der Waals surface area contributed by atoms with E-state index in [-0.39, 0.29) is 31.0 Å². The summed E-state index contributed by atoms with van der Waals surface area (Å²) in [5, 5.41) is 17.8. The molecule has 1 aromatic rings. The van der Waals surface area contributed by atoms with Gasteiger partial charge in [0.15, 0.2) is 0 Å². The van der Waals surface area contributed by atoms with E-state index >= 15 is 0 Å². The number of carbonyl (C=O) groups excluding carboxylic acids is 2. The summed E-state index contributed by atoms with van der Waals surface area (Å²) < 4.78 is 0. The van der Waals surface area contributed by atoms with Crippen molar-refractivity contribution in [1.82, 2.24) is 10.6 Å². The number of hydrogen-bond acceptors (Lipinski definition) is 3. The highest BCUT2D eigenvalue weighted by molar-refractivity contribution is 5.92. The molecule has 0 aliphatic carbocycles. The van der Waals surface area contributed by atoms with Gasteiger partial charge in [0.05, 0.1) is 12.6 Å². The Kier molecular flexibility index (Phi) is 4.57. The van der Waals surface area contributed by atoms with Crippen LogP contribution in [0.4, 0.5) is 10.5 Å². The Balaban J connectivity index is 2.35. The van der Waals surface area contributed by atoms with Gasteiger partial charge in [0.25, 0.3) is 0 Å². The number of fused-ring (bicyclic) bond motifs is 1. The van der Waals surface area contributed by atoms with Crippen molar-refractivity contribution in [2.75, 3.05) is 11.9 Å². The van der Waals surface area contributed by atoms with Crippen LogP contribution in [0.3, 0.4) is 0 Å². The van der Waals surface area contributed by atoms with Crippen LogP contribution in [-0.4, -0.2) is 29.7 Å². The molecule has 0 bridgehead atoms. The van der Waals surface area contributed by atoms with Crippen LogP contribution in [0, 0.1) is 0 Å². The zero-order valence-electron chi connectivity index (χ0n) is 11.3. The third-order valence-electron chi connectivity index (χ3n) is 3.36. The molecule has 1 unspecified atom stereocenters. The Labute approximate surface area is 117 Å². The average Bonchev–Trinajstić information content (AvgIpc) is 2.44. The van der Waals surface area contributed by atoms with E-state index < -0.39 is 6.04 Å². The van der Waals surface area contributed by atoms with Gasteiger partial charge in [0.1, 0.15) is 0 Å². The first-order chi connectivity index (χ1) is 9.63. The first-order valence-corrected chi connectivity index (χ1v) is 6.70. The summed E-state index contributed by atoms with van der Waals surface area (Å²) in [5.41, 5.74) is 1.31. The Bertz CT molecular complexity index is 504. The van der Waals surface area contributed by atoms with Gasteiger partial charge in [-0.15, -0.1) is 0 Å². The maximum absolute atomic E-state index is 12.0. The van der Waals surface area contributed by atoms with Gasteiger partial charge in [-0.1, -0.05) is 25.1 Å². The predicted molar refractivity (Wildman–Crippen MR) is 75.3 cm³/mol. The molecule has 3 amide bonds. The fraction of sp³-hybridized carbons (Fsp3) is 0.429. The Morgan fingerprint density at radius 3 is 2.70 bits per heavy atom. The highest BCUT2D eigenvalue weighted by Crippen LogP contribution is 2.23. The molecule has 0 aromatic heterocycles. The number of para-hydroxylation sites is 1. The Morgan fingerprint density at radius 2 is 2.00 bits per heavy atom. The van der Waals surface area contributed by atoms with Gasteiger partial charge in [-0.2, -0.15) is 0 Å². The van der Waals surface area contributed by atoms with Crippen molar-refractivity contribution in [2.45, 2.75) is 31.8 Å². The average molecular weight is 277 g/mol. The molecule has 2 atom stereocenters. The zero-order valence-corrected chi connectivity index (χ0v) is 11.3. The molecule has 2 rings (SSSR count). The van der Waals surface area contributed by atoms with Crippen LogP contribution in [0.2, 0.25) is 0 Å². The zero-order chi connectivity index (χ0) is 14.5. The van der Waals surface area contributed by atoms with E-state index in [9.17, 15) is 14.7 Å². The molecule has 1 aromatic carbocycles. The first kappa shape index (κ1) is 14.3. The molecular weight excluding hydrogens is 258 g/mol. The molecule has 0 saturated heterocycles. The van der Waals surface area contributed by atoms with E-state index in [4.69, 9.17) is 0 Å². The maximum Gasteiger partial charge on any atom is 0.315 e. The number of anilines is 1. The summed E-state index contributed by atoms with van der Waals surface area (Å²) in [6.07, 6.45) is 0.883. The first-order valence-electron chi connectivity index (χ1n) is 6.70. The van der Waals surface area contributed by atoms with E-state index in [1.807, 2.05) is 6.92 Å². The van der Waals surface area contributed by atoms with Gasteiger partial charge in [-0.3, -0.25) is 4.79 Å². The molecule has 0 radical (unpaired) electrons. The van der Waals surface area contributed by atoms with Crippen LogP contribution in [0.1, 0.15) is 31.4 Å². The van der Waals surface area contributed by atoms with Crippen LogP contribution in [0.5, 0.6) is 0 Å². The van der Waals surface area contributed by atoms with Gasteiger partial charge in [-0.25, -0.2) is 4.79 Å². The molecule has 0 saturated carbocycles. The molecule has 1 heterocycles. The molecule has 1 aliphatic rings. The lowest BCUT2D eigenvalue weighted by molar-refractivity contribution is -0.116. The van der Waals surface area contributed by atoms with E-state index in [0.717, 1.165) is 0 Å². The lowest BCUT2D eigenvalue weighted by atomic mass is 10.0. The highest BCUT2D eigenvalue weighted by Gasteiger charge is 2.22.